The van der Waals surface area contributed by atoms with Crippen molar-refractivity contribution in [2.24, 2.45) is 11.8 Å². The summed E-state index contributed by atoms with van der Waals surface area (Å²) in [5.41, 5.74) is 0. The van der Waals surface area contributed by atoms with E-state index < -0.39 is 0 Å². The fourth-order valence-corrected chi connectivity index (χ4v) is 6.94. The van der Waals surface area contributed by atoms with Crippen LogP contribution < -0.4 is 0 Å². The van der Waals surface area contributed by atoms with Crippen LogP contribution in [0.1, 0.15) is 247 Å². The first-order valence-electron chi connectivity index (χ1n) is 21.3. The Bertz CT molecular complexity index is 463. The van der Waals surface area contributed by atoms with Crippen LogP contribution >= 0.6 is 0 Å². The van der Waals surface area contributed by atoms with Crippen molar-refractivity contribution in [3.05, 3.63) is 0 Å². The summed E-state index contributed by atoms with van der Waals surface area (Å²) < 4.78 is 0. The van der Waals surface area contributed by atoms with Crippen molar-refractivity contribution in [1.29, 1.82) is 0 Å². The summed E-state index contributed by atoms with van der Waals surface area (Å²) in [6.07, 6.45) is 48.2. The molecule has 266 valence electrons. The second-order valence-electron chi connectivity index (χ2n) is 15.8. The van der Waals surface area contributed by atoms with Gasteiger partial charge in [0.1, 0.15) is 0 Å². The molecule has 0 bridgehead atoms. The van der Waals surface area contributed by atoms with Gasteiger partial charge < -0.3 is 4.90 Å². The summed E-state index contributed by atoms with van der Waals surface area (Å²) in [4.78, 5) is 2.86. The van der Waals surface area contributed by atoms with Crippen LogP contribution in [-0.2, 0) is 0 Å². The van der Waals surface area contributed by atoms with Crippen molar-refractivity contribution in [3.8, 4) is 0 Å². The molecule has 0 radical (unpaired) electrons. The highest BCUT2D eigenvalue weighted by atomic mass is 15.1. The van der Waals surface area contributed by atoms with Gasteiger partial charge >= 0.3 is 0 Å². The Balaban J connectivity index is 3.88. The second kappa shape index (κ2) is 37.4. The lowest BCUT2D eigenvalue weighted by molar-refractivity contribution is 0.254. The van der Waals surface area contributed by atoms with Gasteiger partial charge in [-0.25, -0.2) is 0 Å². The van der Waals surface area contributed by atoms with E-state index in [1.165, 1.54) is 232 Å². The Morgan fingerprint density at radius 3 is 0.705 bits per heavy atom. The zero-order valence-electron chi connectivity index (χ0n) is 32.1. The third-order valence-electron chi connectivity index (χ3n) is 10.1. The molecule has 0 aromatic rings. The molecular formula is C43H89N. The molecule has 0 saturated heterocycles. The number of nitrogens with zero attached hydrogens (tertiary/aromatic N) is 1. The minimum Gasteiger partial charge on any atom is -0.303 e. The predicted octanol–water partition coefficient (Wildman–Crippen LogP) is 15.5. The normalized spacial score (nSPS) is 12.0. The number of unbranched alkanes of at least 4 members (excludes halogenated alkanes) is 28. The van der Waals surface area contributed by atoms with Crippen LogP contribution in [0.3, 0.4) is 0 Å². The highest BCUT2D eigenvalue weighted by Crippen LogP contribution is 2.16. The van der Waals surface area contributed by atoms with Crippen LogP contribution in [0.15, 0.2) is 0 Å². The minimum absolute atomic E-state index is 0.889. The summed E-state index contributed by atoms with van der Waals surface area (Å²) in [6.45, 7) is 15.8. The van der Waals surface area contributed by atoms with Gasteiger partial charge in [0, 0.05) is 0 Å². The number of hydrogen-bond acceptors (Lipinski definition) is 1. The van der Waals surface area contributed by atoms with Gasteiger partial charge in [0.05, 0.1) is 0 Å². The molecular weight excluding hydrogens is 530 g/mol. The molecule has 0 aliphatic heterocycles. The van der Waals surface area contributed by atoms with Gasteiger partial charge in [-0.3, -0.25) is 0 Å². The van der Waals surface area contributed by atoms with Gasteiger partial charge in [0.15, 0.2) is 0 Å². The summed E-state index contributed by atoms with van der Waals surface area (Å²) in [5, 5.41) is 0. The summed E-state index contributed by atoms with van der Waals surface area (Å²) >= 11 is 0. The molecule has 0 aromatic heterocycles. The van der Waals surface area contributed by atoms with Gasteiger partial charge in [-0.05, 0) is 50.7 Å². The fraction of sp³-hybridized carbons (Fsp3) is 1.00. The summed E-state index contributed by atoms with van der Waals surface area (Å²) in [6, 6.07) is 0. The number of rotatable bonds is 38. The molecule has 0 N–H and O–H groups in total. The van der Waals surface area contributed by atoms with Crippen molar-refractivity contribution >= 4 is 0 Å². The van der Waals surface area contributed by atoms with Gasteiger partial charge in [-0.15, -0.1) is 0 Å². The molecule has 0 aliphatic rings. The number of hydrogen-bond donors (Lipinski definition) is 0. The van der Waals surface area contributed by atoms with Crippen LogP contribution in [0.25, 0.3) is 0 Å². The average molecular weight is 620 g/mol. The molecule has 1 heteroatoms. The molecule has 0 rings (SSSR count). The molecule has 0 aromatic carbocycles. The molecule has 44 heavy (non-hydrogen) atoms. The molecule has 0 aliphatic carbocycles. The van der Waals surface area contributed by atoms with Crippen molar-refractivity contribution in [1.82, 2.24) is 4.90 Å². The Hall–Kier alpha value is -0.0400. The maximum Gasteiger partial charge on any atom is -0.00187 e. The molecule has 0 spiro atoms. The maximum atomic E-state index is 2.86. The average Bonchev–Trinajstić information content (AvgIpc) is 3.00. The fourth-order valence-electron chi connectivity index (χ4n) is 6.94. The van der Waals surface area contributed by atoms with E-state index in [-0.39, 0.29) is 0 Å². The van der Waals surface area contributed by atoms with Crippen LogP contribution in [0.5, 0.6) is 0 Å². The second-order valence-corrected chi connectivity index (χ2v) is 15.8. The lowest BCUT2D eigenvalue weighted by atomic mass is 10.0. The molecule has 0 saturated carbocycles. The molecule has 0 amide bonds. The van der Waals surface area contributed by atoms with E-state index in [1.54, 1.807) is 0 Å². The maximum absolute atomic E-state index is 2.86. The molecule has 0 heterocycles. The van der Waals surface area contributed by atoms with Gasteiger partial charge in [-0.2, -0.15) is 0 Å². The van der Waals surface area contributed by atoms with Crippen molar-refractivity contribution in [2.45, 2.75) is 247 Å². The van der Waals surface area contributed by atoms with E-state index in [9.17, 15) is 0 Å². The van der Waals surface area contributed by atoms with Gasteiger partial charge in [0.25, 0.3) is 0 Å². The standard InChI is InChI=1S/C43H89N/c1-6-7-8-9-10-19-24-29-34-39-44(40-35-30-25-20-15-11-13-17-22-27-32-37-42(2)3)41-36-31-26-21-16-12-14-18-23-28-33-38-43(4)5/h42-43H,6-41H2,1-5H3. The highest BCUT2D eigenvalue weighted by molar-refractivity contribution is 4.61. The monoisotopic (exact) mass is 620 g/mol. The topological polar surface area (TPSA) is 3.24 Å². The first kappa shape index (κ1) is 44.0. The van der Waals surface area contributed by atoms with Crippen molar-refractivity contribution < 1.29 is 0 Å². The van der Waals surface area contributed by atoms with Gasteiger partial charge in [-0.1, -0.05) is 227 Å². The summed E-state index contributed by atoms with van der Waals surface area (Å²) in [5.74, 6) is 1.78. The Kier molecular flexibility index (Phi) is 37.4. The summed E-state index contributed by atoms with van der Waals surface area (Å²) in [7, 11) is 0. The smallest absolute Gasteiger partial charge is 0.00187 e. The van der Waals surface area contributed by atoms with Crippen molar-refractivity contribution in [2.75, 3.05) is 19.6 Å². The Morgan fingerprint density at radius 2 is 0.477 bits per heavy atom. The van der Waals surface area contributed by atoms with Crippen molar-refractivity contribution in [3.63, 3.8) is 0 Å². The highest BCUT2D eigenvalue weighted by Gasteiger charge is 2.05. The van der Waals surface area contributed by atoms with E-state index in [4.69, 9.17) is 0 Å². The van der Waals surface area contributed by atoms with E-state index in [2.05, 4.69) is 39.5 Å². The van der Waals surface area contributed by atoms with Crippen LogP contribution in [-0.4, -0.2) is 24.5 Å². The van der Waals surface area contributed by atoms with Crippen LogP contribution in [0.4, 0.5) is 0 Å². The van der Waals surface area contributed by atoms with E-state index in [1.807, 2.05) is 0 Å². The van der Waals surface area contributed by atoms with E-state index in [0.717, 1.165) is 11.8 Å². The predicted molar refractivity (Wildman–Crippen MR) is 204 cm³/mol. The van der Waals surface area contributed by atoms with E-state index >= 15 is 0 Å². The quantitative estimate of drug-likeness (QED) is 0.0621. The third kappa shape index (κ3) is 38.1. The van der Waals surface area contributed by atoms with Crippen LogP contribution in [0, 0.1) is 11.8 Å². The Morgan fingerprint density at radius 1 is 0.273 bits per heavy atom. The minimum atomic E-state index is 0.889. The van der Waals surface area contributed by atoms with Crippen LogP contribution in [0.2, 0.25) is 0 Å². The third-order valence-corrected chi connectivity index (χ3v) is 10.1. The molecule has 0 unspecified atom stereocenters. The molecule has 0 atom stereocenters. The Labute approximate surface area is 282 Å². The lowest BCUT2D eigenvalue weighted by Gasteiger charge is -2.22. The zero-order chi connectivity index (χ0) is 32.2. The molecule has 1 nitrogen and oxygen atoms in total. The van der Waals surface area contributed by atoms with E-state index in [0.29, 0.717) is 0 Å². The largest absolute Gasteiger partial charge is 0.303 e. The first-order valence-corrected chi connectivity index (χ1v) is 21.3. The first-order chi connectivity index (χ1) is 21.6. The zero-order valence-corrected chi connectivity index (χ0v) is 32.1. The lowest BCUT2D eigenvalue weighted by Crippen LogP contribution is -2.27. The van der Waals surface area contributed by atoms with Gasteiger partial charge in [0.2, 0.25) is 0 Å². The SMILES string of the molecule is CCCCCCCCCCCN(CCCCCCCCCCCCCC(C)C)CCCCCCCCCCCCCC(C)C. The molecule has 0 fully saturated rings.